The van der Waals surface area contributed by atoms with Gasteiger partial charge in [-0.05, 0) is 54.6 Å². The molecule has 1 aliphatic rings. The van der Waals surface area contributed by atoms with Gasteiger partial charge in [-0.3, -0.25) is 9.59 Å². The molecule has 0 saturated carbocycles. The molecule has 1 unspecified atom stereocenters. The number of thiophene rings is 1. The molecule has 1 aliphatic heterocycles. The number of benzene rings is 2. The van der Waals surface area contributed by atoms with Gasteiger partial charge in [0.15, 0.2) is 0 Å². The van der Waals surface area contributed by atoms with E-state index in [0.717, 1.165) is 27.6 Å². The van der Waals surface area contributed by atoms with Crippen LogP contribution in [0.1, 0.15) is 38.6 Å². The van der Waals surface area contributed by atoms with Crippen molar-refractivity contribution in [2.24, 2.45) is 0 Å². The van der Waals surface area contributed by atoms with Crippen molar-refractivity contribution in [2.75, 3.05) is 12.4 Å². The van der Waals surface area contributed by atoms with E-state index >= 15 is 0 Å². The van der Waals surface area contributed by atoms with Crippen LogP contribution in [0.5, 0.6) is 0 Å². The Morgan fingerprint density at radius 1 is 1.20 bits per heavy atom. The molecule has 1 atom stereocenters. The quantitative estimate of drug-likeness (QED) is 0.501. The number of methoxy groups -OCH3 is 1. The first kappa shape index (κ1) is 18.6. The van der Waals surface area contributed by atoms with E-state index in [0.29, 0.717) is 16.0 Å². The smallest absolute Gasteiger partial charge is 0.348 e. The van der Waals surface area contributed by atoms with E-state index in [1.165, 1.54) is 18.4 Å². The molecule has 1 amide bonds. The Bertz CT molecular complexity index is 1420. The molecule has 1 N–H and O–H groups in total. The second-order valence-corrected chi connectivity index (χ2v) is 8.54. The van der Waals surface area contributed by atoms with Crippen LogP contribution in [0.2, 0.25) is 0 Å². The number of hydrogen-bond acceptors (Lipinski definition) is 5. The van der Waals surface area contributed by atoms with Crippen LogP contribution in [0, 0.1) is 0 Å². The third kappa shape index (κ3) is 2.81. The van der Waals surface area contributed by atoms with Gasteiger partial charge in [-0.15, -0.1) is 11.3 Å². The lowest BCUT2D eigenvalue weighted by molar-refractivity contribution is 0.0606. The standard InChI is InChI=1S/C23H18N2O4S/c1-12-8-13-4-3-5-16-20(13)25(12)11-17(21(16)26)22(27)24-15-6-7-18-14(9-15)10-19(30-18)23(28)29-2/h3-7,9-12H,8H2,1-2H3,(H,24,27). The zero-order valence-electron chi connectivity index (χ0n) is 16.4. The maximum Gasteiger partial charge on any atom is 0.348 e. The number of aromatic nitrogens is 1. The fourth-order valence-electron chi connectivity index (χ4n) is 4.10. The molecule has 0 fully saturated rings. The van der Waals surface area contributed by atoms with Crippen molar-refractivity contribution in [3.63, 3.8) is 0 Å². The molecule has 0 aliphatic carbocycles. The van der Waals surface area contributed by atoms with Crippen LogP contribution in [0.25, 0.3) is 21.0 Å². The number of fused-ring (bicyclic) bond motifs is 1. The first-order valence-electron chi connectivity index (χ1n) is 9.56. The van der Waals surface area contributed by atoms with Gasteiger partial charge in [0, 0.05) is 28.0 Å². The van der Waals surface area contributed by atoms with Crippen LogP contribution in [0.4, 0.5) is 5.69 Å². The highest BCUT2D eigenvalue weighted by molar-refractivity contribution is 7.20. The lowest BCUT2D eigenvalue weighted by Crippen LogP contribution is -2.23. The van der Waals surface area contributed by atoms with E-state index in [-0.39, 0.29) is 17.0 Å². The van der Waals surface area contributed by atoms with Crippen LogP contribution in [0.15, 0.2) is 53.5 Å². The van der Waals surface area contributed by atoms with E-state index in [9.17, 15) is 14.4 Å². The predicted molar refractivity (Wildman–Crippen MR) is 118 cm³/mol. The number of amides is 1. The van der Waals surface area contributed by atoms with Crippen molar-refractivity contribution in [2.45, 2.75) is 19.4 Å². The molecular weight excluding hydrogens is 400 g/mol. The number of para-hydroxylation sites is 1. The molecule has 0 radical (unpaired) electrons. The third-order valence-electron chi connectivity index (χ3n) is 5.53. The van der Waals surface area contributed by atoms with Crippen LogP contribution in [0.3, 0.4) is 0 Å². The maximum absolute atomic E-state index is 13.0. The van der Waals surface area contributed by atoms with Crippen molar-refractivity contribution in [1.29, 1.82) is 0 Å². The zero-order valence-corrected chi connectivity index (χ0v) is 17.2. The Labute approximate surface area is 175 Å². The maximum atomic E-state index is 13.0. The Kier molecular flexibility index (Phi) is 4.22. The fourth-order valence-corrected chi connectivity index (χ4v) is 5.06. The molecule has 150 valence electrons. The monoisotopic (exact) mass is 418 g/mol. The third-order valence-corrected chi connectivity index (χ3v) is 6.63. The first-order chi connectivity index (χ1) is 14.5. The first-order valence-corrected chi connectivity index (χ1v) is 10.4. The summed E-state index contributed by atoms with van der Waals surface area (Å²) < 4.78 is 7.70. The summed E-state index contributed by atoms with van der Waals surface area (Å²) in [5, 5.41) is 4.22. The Morgan fingerprint density at radius 3 is 2.83 bits per heavy atom. The Hall–Kier alpha value is -3.45. The van der Waals surface area contributed by atoms with Gasteiger partial charge in [-0.25, -0.2) is 4.79 Å². The van der Waals surface area contributed by atoms with Gasteiger partial charge in [0.25, 0.3) is 5.91 Å². The normalized spacial score (nSPS) is 14.9. The molecule has 5 rings (SSSR count). The summed E-state index contributed by atoms with van der Waals surface area (Å²) in [5.41, 5.74) is 2.47. The number of rotatable bonds is 3. The molecule has 3 heterocycles. The van der Waals surface area contributed by atoms with E-state index in [2.05, 4.69) is 12.2 Å². The molecule has 30 heavy (non-hydrogen) atoms. The summed E-state index contributed by atoms with van der Waals surface area (Å²) in [6, 6.07) is 13.0. The van der Waals surface area contributed by atoms with Crippen LogP contribution < -0.4 is 10.7 Å². The van der Waals surface area contributed by atoms with Crippen molar-refractivity contribution in [1.82, 2.24) is 4.57 Å². The molecule has 0 spiro atoms. The zero-order chi connectivity index (χ0) is 21.0. The summed E-state index contributed by atoms with van der Waals surface area (Å²) >= 11 is 1.33. The van der Waals surface area contributed by atoms with E-state index in [1.54, 1.807) is 30.5 Å². The van der Waals surface area contributed by atoms with Gasteiger partial charge < -0.3 is 14.6 Å². The summed E-state index contributed by atoms with van der Waals surface area (Å²) in [6.07, 6.45) is 2.51. The Morgan fingerprint density at radius 2 is 2.03 bits per heavy atom. The van der Waals surface area contributed by atoms with Gasteiger partial charge in [-0.2, -0.15) is 0 Å². The highest BCUT2D eigenvalue weighted by Gasteiger charge is 2.24. The van der Waals surface area contributed by atoms with Crippen molar-refractivity contribution in [3.8, 4) is 0 Å². The predicted octanol–water partition coefficient (Wildman–Crippen LogP) is 4.37. The number of nitrogens with one attached hydrogen (secondary N) is 1. The number of carbonyl (C=O) groups excluding carboxylic acids is 2. The summed E-state index contributed by atoms with van der Waals surface area (Å²) in [6.45, 7) is 2.08. The number of esters is 1. The highest BCUT2D eigenvalue weighted by Crippen LogP contribution is 2.31. The molecule has 2 aromatic heterocycles. The van der Waals surface area contributed by atoms with Gasteiger partial charge in [0.2, 0.25) is 5.43 Å². The second kappa shape index (κ2) is 6.81. The summed E-state index contributed by atoms with van der Waals surface area (Å²) in [4.78, 5) is 38.2. The molecular formula is C23H18N2O4S. The Balaban J connectivity index is 1.52. The van der Waals surface area contributed by atoms with Crippen LogP contribution >= 0.6 is 11.3 Å². The number of nitrogens with zero attached hydrogens (tertiary/aromatic N) is 1. The van der Waals surface area contributed by atoms with Crippen LogP contribution in [-0.2, 0) is 11.2 Å². The molecule has 0 bridgehead atoms. The fraction of sp³-hybridized carbons (Fsp3) is 0.174. The minimum Gasteiger partial charge on any atom is -0.465 e. The van der Waals surface area contributed by atoms with Crippen molar-refractivity contribution < 1.29 is 14.3 Å². The minimum atomic E-state index is -0.446. The second-order valence-electron chi connectivity index (χ2n) is 7.45. The van der Waals surface area contributed by atoms with Gasteiger partial charge in [0.1, 0.15) is 10.4 Å². The average Bonchev–Trinajstić information content (AvgIpc) is 3.30. The molecule has 0 saturated heterocycles. The van der Waals surface area contributed by atoms with Gasteiger partial charge in [-0.1, -0.05) is 12.1 Å². The lowest BCUT2D eigenvalue weighted by Gasteiger charge is -2.12. The lowest BCUT2D eigenvalue weighted by atomic mass is 10.1. The number of hydrogen-bond donors (Lipinski definition) is 1. The molecule has 2 aromatic carbocycles. The van der Waals surface area contributed by atoms with Crippen molar-refractivity contribution in [3.05, 3.63) is 74.9 Å². The summed E-state index contributed by atoms with van der Waals surface area (Å²) in [5.74, 6) is -0.838. The number of anilines is 1. The van der Waals surface area contributed by atoms with Crippen LogP contribution in [-0.4, -0.2) is 23.6 Å². The SMILES string of the molecule is COC(=O)c1cc2cc(NC(=O)c3cn4c5c(cccc5c3=O)CC4C)ccc2s1. The number of ether oxygens (including phenoxy) is 1. The number of carbonyl (C=O) groups is 2. The average molecular weight is 418 g/mol. The largest absolute Gasteiger partial charge is 0.465 e. The summed E-state index contributed by atoms with van der Waals surface area (Å²) in [7, 11) is 1.34. The molecule has 6 nitrogen and oxygen atoms in total. The van der Waals surface area contributed by atoms with E-state index in [1.807, 2.05) is 22.8 Å². The molecule has 7 heteroatoms. The minimum absolute atomic E-state index is 0.120. The topological polar surface area (TPSA) is 77.4 Å². The van der Waals surface area contributed by atoms with Crippen molar-refractivity contribution >= 4 is 49.9 Å². The van der Waals surface area contributed by atoms with Gasteiger partial charge in [0.05, 0.1) is 12.6 Å². The number of pyridine rings is 1. The molecule has 4 aromatic rings. The van der Waals surface area contributed by atoms with Gasteiger partial charge >= 0.3 is 5.97 Å². The van der Waals surface area contributed by atoms with E-state index < -0.39 is 11.9 Å². The van der Waals surface area contributed by atoms with E-state index in [4.69, 9.17) is 4.74 Å². The highest BCUT2D eigenvalue weighted by atomic mass is 32.1.